The molecule has 0 unspecified atom stereocenters. The Kier molecular flexibility index (Phi) is 3.53. The van der Waals surface area contributed by atoms with E-state index in [-0.39, 0.29) is 11.8 Å². The minimum absolute atomic E-state index is 0.0457. The molecule has 0 aromatic heterocycles. The molecule has 1 saturated carbocycles. The molecule has 0 aromatic carbocycles. The SMILES string of the molecule is CONC(=O)C1CCC(C)CC1. The number of hydroxylamine groups is 1. The van der Waals surface area contributed by atoms with E-state index in [9.17, 15) is 4.79 Å². The van der Waals surface area contributed by atoms with Gasteiger partial charge in [-0.1, -0.05) is 6.92 Å². The molecule has 0 aromatic rings. The summed E-state index contributed by atoms with van der Waals surface area (Å²) in [5, 5.41) is 0. The van der Waals surface area contributed by atoms with E-state index in [1.54, 1.807) is 0 Å². The predicted octanol–water partition coefficient (Wildman–Crippen LogP) is 1.49. The zero-order chi connectivity index (χ0) is 8.97. The molecule has 0 radical (unpaired) electrons. The number of carbonyl (C=O) groups is 1. The fraction of sp³-hybridized carbons (Fsp3) is 0.889. The summed E-state index contributed by atoms with van der Waals surface area (Å²) in [5.41, 5.74) is 2.39. The van der Waals surface area contributed by atoms with Gasteiger partial charge in [-0.3, -0.25) is 9.63 Å². The van der Waals surface area contributed by atoms with Crippen LogP contribution in [0.3, 0.4) is 0 Å². The lowest BCUT2D eigenvalue weighted by Crippen LogP contribution is -2.32. The van der Waals surface area contributed by atoms with Gasteiger partial charge in [-0.2, -0.15) is 0 Å². The molecule has 0 saturated heterocycles. The van der Waals surface area contributed by atoms with Gasteiger partial charge in [-0.05, 0) is 31.6 Å². The lowest BCUT2D eigenvalue weighted by atomic mass is 9.83. The summed E-state index contributed by atoms with van der Waals surface area (Å²) in [6.45, 7) is 2.24. The smallest absolute Gasteiger partial charge is 0.246 e. The van der Waals surface area contributed by atoms with E-state index in [2.05, 4.69) is 17.2 Å². The van der Waals surface area contributed by atoms with Gasteiger partial charge in [-0.25, -0.2) is 5.48 Å². The Morgan fingerprint density at radius 2 is 1.92 bits per heavy atom. The number of nitrogens with one attached hydrogen (secondary N) is 1. The van der Waals surface area contributed by atoms with Gasteiger partial charge < -0.3 is 0 Å². The van der Waals surface area contributed by atoms with Crippen LogP contribution in [0.25, 0.3) is 0 Å². The topological polar surface area (TPSA) is 38.3 Å². The van der Waals surface area contributed by atoms with Crippen LogP contribution in [0.5, 0.6) is 0 Å². The van der Waals surface area contributed by atoms with Crippen LogP contribution in [0.4, 0.5) is 0 Å². The van der Waals surface area contributed by atoms with E-state index in [1.807, 2.05) is 0 Å². The molecule has 0 aliphatic heterocycles. The van der Waals surface area contributed by atoms with Crippen LogP contribution >= 0.6 is 0 Å². The summed E-state index contributed by atoms with van der Waals surface area (Å²) in [5.74, 6) is 1.02. The van der Waals surface area contributed by atoms with Gasteiger partial charge in [0.05, 0.1) is 7.11 Å². The van der Waals surface area contributed by atoms with Crippen LogP contribution in [0.1, 0.15) is 32.6 Å². The second-order valence-electron chi connectivity index (χ2n) is 3.63. The third kappa shape index (κ3) is 2.48. The number of rotatable bonds is 2. The van der Waals surface area contributed by atoms with Crippen molar-refractivity contribution in [2.24, 2.45) is 11.8 Å². The molecular weight excluding hydrogens is 154 g/mol. The van der Waals surface area contributed by atoms with Gasteiger partial charge in [0.2, 0.25) is 5.91 Å². The monoisotopic (exact) mass is 171 g/mol. The van der Waals surface area contributed by atoms with Crippen molar-refractivity contribution in [2.45, 2.75) is 32.6 Å². The molecule has 12 heavy (non-hydrogen) atoms. The average molecular weight is 171 g/mol. The van der Waals surface area contributed by atoms with Crippen molar-refractivity contribution in [2.75, 3.05) is 7.11 Å². The highest BCUT2D eigenvalue weighted by molar-refractivity contribution is 5.77. The molecule has 70 valence electrons. The highest BCUT2D eigenvalue weighted by Crippen LogP contribution is 2.28. The number of hydrogen-bond donors (Lipinski definition) is 1. The van der Waals surface area contributed by atoms with Crippen LogP contribution in [-0.4, -0.2) is 13.0 Å². The van der Waals surface area contributed by atoms with E-state index < -0.39 is 0 Å². The van der Waals surface area contributed by atoms with Gasteiger partial charge in [0.1, 0.15) is 0 Å². The fourth-order valence-electron chi connectivity index (χ4n) is 1.71. The first-order valence-corrected chi connectivity index (χ1v) is 4.57. The van der Waals surface area contributed by atoms with Gasteiger partial charge in [0, 0.05) is 5.92 Å². The molecule has 1 amide bonds. The third-order valence-electron chi connectivity index (χ3n) is 2.59. The summed E-state index contributed by atoms with van der Waals surface area (Å²) in [6.07, 6.45) is 4.36. The van der Waals surface area contributed by atoms with Crippen molar-refractivity contribution in [1.29, 1.82) is 0 Å². The molecule has 1 rings (SSSR count). The van der Waals surface area contributed by atoms with E-state index in [4.69, 9.17) is 0 Å². The standard InChI is InChI=1S/C9H17NO2/c1-7-3-5-8(6-4-7)9(11)10-12-2/h7-8H,3-6H2,1-2H3,(H,10,11). The lowest BCUT2D eigenvalue weighted by Gasteiger charge is -2.24. The minimum Gasteiger partial charge on any atom is -0.277 e. The molecule has 0 bridgehead atoms. The van der Waals surface area contributed by atoms with Crippen molar-refractivity contribution in [1.82, 2.24) is 5.48 Å². The molecular formula is C9H17NO2. The summed E-state index contributed by atoms with van der Waals surface area (Å²) >= 11 is 0. The maximum Gasteiger partial charge on any atom is 0.246 e. The Morgan fingerprint density at radius 3 is 2.42 bits per heavy atom. The molecule has 1 aliphatic carbocycles. The Morgan fingerprint density at radius 1 is 1.33 bits per heavy atom. The van der Waals surface area contributed by atoms with Crippen molar-refractivity contribution >= 4 is 5.91 Å². The van der Waals surface area contributed by atoms with Crippen molar-refractivity contribution in [3.63, 3.8) is 0 Å². The van der Waals surface area contributed by atoms with Crippen LogP contribution in [0.2, 0.25) is 0 Å². The summed E-state index contributed by atoms with van der Waals surface area (Å²) in [4.78, 5) is 15.9. The van der Waals surface area contributed by atoms with Gasteiger partial charge in [0.25, 0.3) is 0 Å². The average Bonchev–Trinajstić information content (AvgIpc) is 2.06. The van der Waals surface area contributed by atoms with E-state index in [0.29, 0.717) is 0 Å². The highest BCUT2D eigenvalue weighted by Gasteiger charge is 2.23. The van der Waals surface area contributed by atoms with E-state index >= 15 is 0 Å². The molecule has 1 aliphatic rings. The van der Waals surface area contributed by atoms with Crippen molar-refractivity contribution in [3.8, 4) is 0 Å². The molecule has 0 heterocycles. The lowest BCUT2D eigenvalue weighted by molar-refractivity contribution is -0.136. The molecule has 0 atom stereocenters. The molecule has 1 N–H and O–H groups in total. The maximum atomic E-state index is 11.3. The van der Waals surface area contributed by atoms with Crippen LogP contribution < -0.4 is 5.48 Å². The zero-order valence-electron chi connectivity index (χ0n) is 7.80. The molecule has 0 spiro atoms. The second-order valence-corrected chi connectivity index (χ2v) is 3.63. The van der Waals surface area contributed by atoms with Crippen molar-refractivity contribution < 1.29 is 9.63 Å². The predicted molar refractivity (Wildman–Crippen MR) is 46.3 cm³/mol. The molecule has 3 nitrogen and oxygen atoms in total. The van der Waals surface area contributed by atoms with Crippen molar-refractivity contribution in [3.05, 3.63) is 0 Å². The van der Waals surface area contributed by atoms with Gasteiger partial charge >= 0.3 is 0 Å². The largest absolute Gasteiger partial charge is 0.277 e. The quantitative estimate of drug-likeness (QED) is 0.639. The molecule has 1 fully saturated rings. The number of carbonyl (C=O) groups excluding carboxylic acids is 1. The fourth-order valence-corrected chi connectivity index (χ4v) is 1.71. The van der Waals surface area contributed by atoms with Gasteiger partial charge in [0.15, 0.2) is 0 Å². The number of amides is 1. The third-order valence-corrected chi connectivity index (χ3v) is 2.59. The number of hydrogen-bond acceptors (Lipinski definition) is 2. The van der Waals surface area contributed by atoms with E-state index in [1.165, 1.54) is 20.0 Å². The summed E-state index contributed by atoms with van der Waals surface area (Å²) < 4.78 is 0. The first-order chi connectivity index (χ1) is 5.74. The highest BCUT2D eigenvalue weighted by atomic mass is 16.6. The van der Waals surface area contributed by atoms with Crippen LogP contribution in [-0.2, 0) is 9.63 Å². The second kappa shape index (κ2) is 4.45. The maximum absolute atomic E-state index is 11.3. The normalized spacial score (nSPS) is 29.8. The first-order valence-electron chi connectivity index (χ1n) is 4.57. The zero-order valence-corrected chi connectivity index (χ0v) is 7.80. The Hall–Kier alpha value is -0.570. The Bertz CT molecular complexity index is 151. The molecule has 3 heteroatoms. The van der Waals surface area contributed by atoms with Crippen LogP contribution in [0.15, 0.2) is 0 Å². The first kappa shape index (κ1) is 9.52. The van der Waals surface area contributed by atoms with Crippen LogP contribution in [0, 0.1) is 11.8 Å². The Labute approximate surface area is 73.4 Å². The van der Waals surface area contributed by atoms with Gasteiger partial charge in [-0.15, -0.1) is 0 Å². The summed E-state index contributed by atoms with van der Waals surface area (Å²) in [7, 11) is 1.48. The van der Waals surface area contributed by atoms with E-state index in [0.717, 1.165) is 18.8 Å². The Balaban J connectivity index is 2.29. The minimum atomic E-state index is 0.0457. The summed E-state index contributed by atoms with van der Waals surface area (Å²) in [6, 6.07) is 0.